The molecule has 0 radical (unpaired) electrons. The molecule has 5 rings (SSSR count). The molecule has 0 bridgehead atoms. The molecule has 2 heterocycles. The van der Waals surface area contributed by atoms with Gasteiger partial charge in [0.25, 0.3) is 10.0 Å². The lowest BCUT2D eigenvalue weighted by atomic mass is 9.81. The Bertz CT molecular complexity index is 2120. The first kappa shape index (κ1) is 36.9. The van der Waals surface area contributed by atoms with E-state index in [2.05, 4.69) is 10.4 Å². The molecule has 1 aliphatic rings. The molecule has 49 heavy (non-hydrogen) atoms. The number of carbonyl (C=O) groups is 1. The number of sulfonamides is 1. The van der Waals surface area contributed by atoms with Crippen LogP contribution in [0.3, 0.4) is 0 Å². The number of ether oxygens (including phenoxy) is 1. The van der Waals surface area contributed by atoms with Crippen LogP contribution in [-0.2, 0) is 31.0 Å². The molecule has 4 aromatic rings. The van der Waals surface area contributed by atoms with Crippen molar-refractivity contribution in [2.45, 2.75) is 52.8 Å². The van der Waals surface area contributed by atoms with Gasteiger partial charge in [-0.3, -0.25) is 9.99 Å². The van der Waals surface area contributed by atoms with Crippen LogP contribution >= 0.6 is 35.0 Å². The number of rotatable bonds is 11. The zero-order valence-corrected chi connectivity index (χ0v) is 30.9. The van der Waals surface area contributed by atoms with Crippen LogP contribution in [-0.4, -0.2) is 63.9 Å². The molecule has 3 aromatic carbocycles. The fraction of sp³-hybridized carbons (Fsp3) is 0.312. The van der Waals surface area contributed by atoms with Crippen molar-refractivity contribution in [1.29, 1.82) is 0 Å². The first-order valence-corrected chi connectivity index (χ1v) is 20.0. The van der Waals surface area contributed by atoms with Crippen molar-refractivity contribution >= 4 is 60.9 Å². The van der Waals surface area contributed by atoms with E-state index in [1.54, 1.807) is 41.5 Å². The number of aromatic nitrogens is 2. The van der Waals surface area contributed by atoms with E-state index >= 15 is 0 Å². The maximum absolute atomic E-state index is 14.5. The third-order valence-corrected chi connectivity index (χ3v) is 12.4. The van der Waals surface area contributed by atoms with E-state index in [4.69, 9.17) is 27.9 Å². The molecule has 2 N–H and O–H groups in total. The first-order chi connectivity index (χ1) is 23.0. The second kappa shape index (κ2) is 14.5. The van der Waals surface area contributed by atoms with Crippen molar-refractivity contribution in [3.63, 3.8) is 0 Å². The minimum atomic E-state index is -4.20. The number of methoxy groups -OCH3 is 1. The number of halogens is 3. The predicted octanol–water partition coefficient (Wildman–Crippen LogP) is 6.35. The lowest BCUT2D eigenvalue weighted by Crippen LogP contribution is -2.47. The molecule has 0 aliphatic carbocycles. The second-order valence-electron chi connectivity index (χ2n) is 11.9. The summed E-state index contributed by atoms with van der Waals surface area (Å²) in [4.78, 5) is 16.8. The molecule has 1 aliphatic heterocycles. The average Bonchev–Trinajstić information content (AvgIpc) is 3.70. The summed E-state index contributed by atoms with van der Waals surface area (Å²) in [5.41, 5.74) is 4.28. The van der Waals surface area contributed by atoms with Gasteiger partial charge < -0.3 is 4.74 Å². The molecule has 1 saturated heterocycles. The number of nitrogens with one attached hydrogen (secondary N) is 2. The van der Waals surface area contributed by atoms with Crippen LogP contribution in [0.2, 0.25) is 10.0 Å². The molecule has 2 amide bonds. The topological polar surface area (TPSA) is 140 Å². The highest BCUT2D eigenvalue weighted by molar-refractivity contribution is 7.98. The monoisotopic (exact) mass is 769 g/mol. The molecule has 0 unspecified atom stereocenters. The standard InChI is InChI=1S/C32H34Cl2FN5O6S3/c1-32(2,21-8-12-28(25(34)15-21)48(4,42)43)29-18-36-31(40(29)22-9-11-26(35)27(16-22)46-3)47-19-20-7-10-23(17-24(20)33)49(44,45)38-30(41)37-39-13-5-6-14-39/h7-12,15-18H,5-6,13-14,19H2,1-4H3,(H2,37,38,41). The van der Waals surface area contributed by atoms with Crippen LogP contribution in [0.1, 0.15) is 43.5 Å². The van der Waals surface area contributed by atoms with Crippen molar-refractivity contribution < 1.29 is 30.8 Å². The van der Waals surface area contributed by atoms with Gasteiger partial charge >= 0.3 is 6.03 Å². The third-order valence-electron chi connectivity index (χ3n) is 8.10. The number of hydrogen-bond acceptors (Lipinski definition) is 9. The minimum Gasteiger partial charge on any atom is -0.494 e. The number of imidazole rings is 1. The van der Waals surface area contributed by atoms with E-state index in [0.29, 0.717) is 40.8 Å². The summed E-state index contributed by atoms with van der Waals surface area (Å²) in [6.45, 7) is 5.14. The summed E-state index contributed by atoms with van der Waals surface area (Å²) in [6, 6.07) is 12.5. The molecule has 0 spiro atoms. The molecular formula is C32H34Cl2FN5O6S3. The Balaban J connectivity index is 1.45. The Kier molecular flexibility index (Phi) is 10.9. The van der Waals surface area contributed by atoms with Gasteiger partial charge in [0.1, 0.15) is 0 Å². The number of carbonyl (C=O) groups excluding carboxylic acids is 1. The largest absolute Gasteiger partial charge is 0.494 e. The van der Waals surface area contributed by atoms with Gasteiger partial charge in [0.15, 0.2) is 26.6 Å². The average molecular weight is 771 g/mol. The van der Waals surface area contributed by atoms with E-state index < -0.39 is 37.1 Å². The lowest BCUT2D eigenvalue weighted by Gasteiger charge is -2.28. The number of hydrogen-bond donors (Lipinski definition) is 2. The van der Waals surface area contributed by atoms with Gasteiger partial charge in [-0.2, -0.15) is 0 Å². The minimum absolute atomic E-state index is 0.0126. The quantitative estimate of drug-likeness (QED) is 0.167. The van der Waals surface area contributed by atoms with Crippen LogP contribution in [0, 0.1) is 5.82 Å². The summed E-state index contributed by atoms with van der Waals surface area (Å²) in [5, 5.41) is 2.40. The van der Waals surface area contributed by atoms with Crippen LogP contribution in [0.25, 0.3) is 5.69 Å². The highest BCUT2D eigenvalue weighted by atomic mass is 35.5. The summed E-state index contributed by atoms with van der Waals surface area (Å²) in [7, 11) is -6.38. The number of amides is 2. The summed E-state index contributed by atoms with van der Waals surface area (Å²) >= 11 is 14.3. The first-order valence-electron chi connectivity index (χ1n) is 14.9. The fourth-order valence-corrected chi connectivity index (χ4v) is 9.03. The van der Waals surface area contributed by atoms with Crippen molar-refractivity contribution in [3.05, 3.63) is 93.5 Å². The van der Waals surface area contributed by atoms with Crippen LogP contribution < -0.4 is 14.9 Å². The number of hydrazine groups is 1. The molecule has 1 aromatic heterocycles. The van der Waals surface area contributed by atoms with Gasteiger partial charge in [-0.25, -0.2) is 40.7 Å². The lowest BCUT2D eigenvalue weighted by molar-refractivity contribution is 0.202. The van der Waals surface area contributed by atoms with Gasteiger partial charge in [-0.05, 0) is 60.4 Å². The van der Waals surface area contributed by atoms with Crippen LogP contribution in [0.5, 0.6) is 5.75 Å². The molecular weight excluding hydrogens is 736 g/mol. The summed E-state index contributed by atoms with van der Waals surface area (Å²) in [5.74, 6) is -0.255. The number of nitrogens with zero attached hydrogens (tertiary/aromatic N) is 3. The van der Waals surface area contributed by atoms with Gasteiger partial charge in [0.2, 0.25) is 0 Å². The van der Waals surface area contributed by atoms with E-state index in [-0.39, 0.29) is 31.3 Å². The van der Waals surface area contributed by atoms with E-state index in [0.717, 1.165) is 19.1 Å². The van der Waals surface area contributed by atoms with E-state index in [1.807, 2.05) is 23.1 Å². The van der Waals surface area contributed by atoms with Gasteiger partial charge in [0, 0.05) is 41.6 Å². The molecule has 17 heteroatoms. The van der Waals surface area contributed by atoms with Crippen molar-refractivity contribution in [1.82, 2.24) is 24.7 Å². The third kappa shape index (κ3) is 8.18. The number of urea groups is 1. The smallest absolute Gasteiger partial charge is 0.343 e. The Labute approximate surface area is 299 Å². The maximum atomic E-state index is 14.5. The molecule has 11 nitrogen and oxygen atoms in total. The number of benzene rings is 3. The van der Waals surface area contributed by atoms with Gasteiger partial charge in [-0.1, -0.05) is 60.9 Å². The highest BCUT2D eigenvalue weighted by Crippen LogP contribution is 2.39. The molecule has 1 fully saturated rings. The van der Waals surface area contributed by atoms with E-state index in [9.17, 15) is 26.0 Å². The molecule has 0 saturated carbocycles. The predicted molar refractivity (Wildman–Crippen MR) is 187 cm³/mol. The Morgan fingerprint density at radius 1 is 1.02 bits per heavy atom. The number of thioether (sulfide) groups is 1. The fourth-order valence-electron chi connectivity index (χ4n) is 5.38. The summed E-state index contributed by atoms with van der Waals surface area (Å²) in [6.07, 6.45) is 4.58. The maximum Gasteiger partial charge on any atom is 0.343 e. The van der Waals surface area contributed by atoms with E-state index in [1.165, 1.54) is 43.1 Å². The Morgan fingerprint density at radius 2 is 1.73 bits per heavy atom. The number of sulfone groups is 1. The Morgan fingerprint density at radius 3 is 2.37 bits per heavy atom. The van der Waals surface area contributed by atoms with Gasteiger partial charge in [0.05, 0.1) is 39.5 Å². The molecule has 262 valence electrons. The zero-order chi connectivity index (χ0) is 35.7. The SMILES string of the molecule is COc1cc(-n2c(C(C)(C)c3ccc(S(C)(=O)=O)c(Cl)c3)cnc2SCc2ccc(S(=O)(=O)NC(=O)NN3CCCC3)cc2Cl)ccc1F. The second-order valence-corrected chi connectivity index (χ2v) is 17.3. The van der Waals surface area contributed by atoms with Crippen molar-refractivity contribution in [3.8, 4) is 11.4 Å². The highest BCUT2D eigenvalue weighted by Gasteiger charge is 2.31. The normalized spacial score (nSPS) is 14.2. The van der Waals surface area contributed by atoms with Crippen molar-refractivity contribution in [2.24, 2.45) is 0 Å². The van der Waals surface area contributed by atoms with Crippen LogP contribution in [0.15, 0.2) is 75.7 Å². The zero-order valence-electron chi connectivity index (χ0n) is 27.0. The molecule has 0 atom stereocenters. The summed E-state index contributed by atoms with van der Waals surface area (Å²) < 4.78 is 73.7. The van der Waals surface area contributed by atoms with Crippen molar-refractivity contribution in [2.75, 3.05) is 26.5 Å². The Hall–Kier alpha value is -3.34. The van der Waals surface area contributed by atoms with Gasteiger partial charge in [-0.15, -0.1) is 0 Å². The van der Waals surface area contributed by atoms with Crippen LogP contribution in [0.4, 0.5) is 9.18 Å².